The second-order valence-corrected chi connectivity index (χ2v) is 8.03. The zero-order chi connectivity index (χ0) is 18.8. The number of benzene rings is 3. The van der Waals surface area contributed by atoms with Crippen molar-refractivity contribution >= 4 is 31.9 Å². The van der Waals surface area contributed by atoms with Gasteiger partial charge in [-0.25, -0.2) is 4.98 Å². The molecule has 1 aromatic heterocycles. The van der Waals surface area contributed by atoms with Gasteiger partial charge in [0.05, 0.1) is 11.4 Å². The van der Waals surface area contributed by atoms with Crippen molar-refractivity contribution in [2.24, 2.45) is 0 Å². The van der Waals surface area contributed by atoms with Gasteiger partial charge in [-0.2, -0.15) is 0 Å². The zero-order valence-electron chi connectivity index (χ0n) is 14.2. The number of aromatic hydroxyl groups is 1. The highest BCUT2D eigenvalue weighted by molar-refractivity contribution is 9.10. The average molecular weight is 481 g/mol. The van der Waals surface area contributed by atoms with Crippen LogP contribution in [0, 0.1) is 0 Å². The Balaban J connectivity index is 1.94. The molecular weight excluding hydrogens is 466 g/mol. The predicted molar refractivity (Wildman–Crippen MR) is 118 cm³/mol. The van der Waals surface area contributed by atoms with Crippen LogP contribution in [0.4, 0.5) is 0 Å². The monoisotopic (exact) mass is 479 g/mol. The highest BCUT2D eigenvalue weighted by Crippen LogP contribution is 2.32. The van der Waals surface area contributed by atoms with Gasteiger partial charge >= 0.3 is 0 Å². The third kappa shape index (κ3) is 4.12. The van der Waals surface area contributed by atoms with Crippen LogP contribution in [0.5, 0.6) is 5.75 Å². The standard InChI is InChI=1S/C23H15Br2NO/c24-19-7-1-5-16(10-19)22-13-18(15-4-3-9-21(27)12-15)14-23(26-22)17-6-2-8-20(25)11-17/h1-14,27H. The van der Waals surface area contributed by atoms with Crippen LogP contribution in [-0.2, 0) is 0 Å². The Kier molecular flexibility index (Phi) is 5.10. The first-order valence-corrected chi connectivity index (χ1v) is 10.0. The quantitative estimate of drug-likeness (QED) is 0.333. The van der Waals surface area contributed by atoms with Crippen molar-refractivity contribution in [1.82, 2.24) is 4.98 Å². The average Bonchev–Trinajstić information content (AvgIpc) is 2.68. The van der Waals surface area contributed by atoms with E-state index in [0.29, 0.717) is 0 Å². The highest BCUT2D eigenvalue weighted by Gasteiger charge is 2.10. The van der Waals surface area contributed by atoms with Crippen molar-refractivity contribution < 1.29 is 5.11 Å². The first kappa shape index (κ1) is 18.0. The number of phenolic OH excluding ortho intramolecular Hbond substituents is 1. The molecule has 0 aliphatic carbocycles. The van der Waals surface area contributed by atoms with Gasteiger partial charge in [-0.3, -0.25) is 0 Å². The number of hydrogen-bond donors (Lipinski definition) is 1. The van der Waals surface area contributed by atoms with Crippen LogP contribution in [0.15, 0.2) is 93.9 Å². The minimum Gasteiger partial charge on any atom is -0.508 e. The maximum Gasteiger partial charge on any atom is 0.116 e. The summed E-state index contributed by atoms with van der Waals surface area (Å²) in [7, 11) is 0. The van der Waals surface area contributed by atoms with Crippen molar-refractivity contribution in [1.29, 1.82) is 0 Å². The van der Waals surface area contributed by atoms with Gasteiger partial charge in [-0.1, -0.05) is 68.3 Å². The maximum absolute atomic E-state index is 9.89. The fourth-order valence-electron chi connectivity index (χ4n) is 2.97. The molecule has 0 amide bonds. The largest absolute Gasteiger partial charge is 0.508 e. The molecule has 1 heterocycles. The molecular formula is C23H15Br2NO. The Labute approximate surface area is 174 Å². The molecule has 0 unspecified atom stereocenters. The molecule has 0 aliphatic heterocycles. The second-order valence-electron chi connectivity index (χ2n) is 6.20. The van der Waals surface area contributed by atoms with E-state index >= 15 is 0 Å². The van der Waals surface area contributed by atoms with Crippen molar-refractivity contribution in [3.8, 4) is 39.4 Å². The normalized spacial score (nSPS) is 10.7. The number of nitrogens with zero attached hydrogens (tertiary/aromatic N) is 1. The topological polar surface area (TPSA) is 33.1 Å². The first-order chi connectivity index (χ1) is 13.1. The van der Waals surface area contributed by atoms with Gasteiger partial charge in [0.2, 0.25) is 0 Å². The molecule has 27 heavy (non-hydrogen) atoms. The summed E-state index contributed by atoms with van der Waals surface area (Å²) in [4.78, 5) is 4.90. The van der Waals surface area contributed by atoms with Crippen LogP contribution in [-0.4, -0.2) is 10.1 Å². The minimum absolute atomic E-state index is 0.248. The lowest BCUT2D eigenvalue weighted by molar-refractivity contribution is 0.475. The zero-order valence-corrected chi connectivity index (χ0v) is 17.4. The number of phenols is 1. The van der Waals surface area contributed by atoms with Crippen LogP contribution >= 0.6 is 31.9 Å². The van der Waals surface area contributed by atoms with Crippen molar-refractivity contribution in [2.75, 3.05) is 0 Å². The van der Waals surface area contributed by atoms with E-state index in [2.05, 4.69) is 56.1 Å². The third-order valence-electron chi connectivity index (χ3n) is 4.25. The van der Waals surface area contributed by atoms with Crippen LogP contribution < -0.4 is 0 Å². The SMILES string of the molecule is Oc1cccc(-c2cc(-c3cccc(Br)c3)nc(-c3cccc(Br)c3)c2)c1. The van der Waals surface area contributed by atoms with Crippen LogP contribution in [0.1, 0.15) is 0 Å². The number of pyridine rings is 1. The molecule has 0 radical (unpaired) electrons. The summed E-state index contributed by atoms with van der Waals surface area (Å²) < 4.78 is 2.02. The van der Waals surface area contributed by atoms with E-state index in [1.807, 2.05) is 48.5 Å². The lowest BCUT2D eigenvalue weighted by atomic mass is 10.00. The van der Waals surface area contributed by atoms with E-state index in [-0.39, 0.29) is 5.75 Å². The summed E-state index contributed by atoms with van der Waals surface area (Å²) in [6.45, 7) is 0. The van der Waals surface area contributed by atoms with Gasteiger partial charge in [0, 0.05) is 20.1 Å². The lowest BCUT2D eigenvalue weighted by Gasteiger charge is -2.11. The lowest BCUT2D eigenvalue weighted by Crippen LogP contribution is -1.91. The molecule has 0 saturated heterocycles. The Morgan fingerprint density at radius 2 is 1.07 bits per heavy atom. The van der Waals surface area contributed by atoms with Gasteiger partial charge < -0.3 is 5.11 Å². The van der Waals surface area contributed by atoms with Crippen LogP contribution in [0.3, 0.4) is 0 Å². The molecule has 2 nitrogen and oxygen atoms in total. The summed E-state index contributed by atoms with van der Waals surface area (Å²) in [5.41, 5.74) is 5.78. The van der Waals surface area contributed by atoms with Gasteiger partial charge in [0.25, 0.3) is 0 Å². The molecule has 0 atom stereocenters. The number of rotatable bonds is 3. The molecule has 1 N–H and O–H groups in total. The van der Waals surface area contributed by atoms with Crippen LogP contribution in [0.25, 0.3) is 33.6 Å². The number of aromatic nitrogens is 1. The van der Waals surface area contributed by atoms with Gasteiger partial charge in [0.15, 0.2) is 0 Å². The molecule has 132 valence electrons. The fraction of sp³-hybridized carbons (Fsp3) is 0. The first-order valence-electron chi connectivity index (χ1n) is 8.42. The minimum atomic E-state index is 0.248. The Hall–Kier alpha value is -2.43. The van der Waals surface area contributed by atoms with Crippen LogP contribution in [0.2, 0.25) is 0 Å². The molecule has 4 aromatic rings. The van der Waals surface area contributed by atoms with Gasteiger partial charge in [-0.15, -0.1) is 0 Å². The predicted octanol–water partition coefficient (Wildman–Crippen LogP) is 7.31. The summed E-state index contributed by atoms with van der Waals surface area (Å²) in [5.74, 6) is 0.248. The molecule has 0 saturated carbocycles. The third-order valence-corrected chi connectivity index (χ3v) is 5.23. The van der Waals surface area contributed by atoms with Gasteiger partial charge in [-0.05, 0) is 59.7 Å². The summed E-state index contributed by atoms with van der Waals surface area (Å²) in [6, 6.07) is 27.6. The Morgan fingerprint density at radius 3 is 1.59 bits per heavy atom. The molecule has 4 rings (SSSR count). The van der Waals surface area contributed by atoms with Crippen molar-refractivity contribution in [3.63, 3.8) is 0 Å². The molecule has 0 fully saturated rings. The fourth-order valence-corrected chi connectivity index (χ4v) is 3.77. The van der Waals surface area contributed by atoms with E-state index in [0.717, 1.165) is 42.6 Å². The molecule has 0 aliphatic rings. The van der Waals surface area contributed by atoms with Gasteiger partial charge in [0.1, 0.15) is 5.75 Å². The van der Waals surface area contributed by atoms with E-state index < -0.39 is 0 Å². The molecule has 4 heteroatoms. The number of hydrogen-bond acceptors (Lipinski definition) is 2. The Bertz CT molecular complexity index is 971. The molecule has 0 spiro atoms. The summed E-state index contributed by atoms with van der Waals surface area (Å²) in [5, 5.41) is 9.89. The van der Waals surface area contributed by atoms with Crippen molar-refractivity contribution in [2.45, 2.75) is 0 Å². The smallest absolute Gasteiger partial charge is 0.116 e. The second kappa shape index (κ2) is 7.67. The van der Waals surface area contributed by atoms with E-state index in [1.165, 1.54) is 0 Å². The molecule has 3 aromatic carbocycles. The van der Waals surface area contributed by atoms with Crippen molar-refractivity contribution in [3.05, 3.63) is 93.9 Å². The Morgan fingerprint density at radius 1 is 0.556 bits per heavy atom. The van der Waals surface area contributed by atoms with E-state index in [4.69, 9.17) is 4.98 Å². The van der Waals surface area contributed by atoms with E-state index in [9.17, 15) is 5.11 Å². The van der Waals surface area contributed by atoms with E-state index in [1.54, 1.807) is 12.1 Å². The molecule has 0 bridgehead atoms. The summed E-state index contributed by atoms with van der Waals surface area (Å²) in [6.07, 6.45) is 0. The summed E-state index contributed by atoms with van der Waals surface area (Å²) >= 11 is 7.08. The number of halogens is 2. The maximum atomic E-state index is 9.89. The highest BCUT2D eigenvalue weighted by atomic mass is 79.9.